The minimum Gasteiger partial charge on any atom is -0.393 e. The minimum atomic E-state index is -0.579. The monoisotopic (exact) mass is 462 g/mol. The molecule has 2 N–H and O–H groups in total. The SMILES string of the molecule is C/C=C(/C(C)(C)CCCC(C)(C)O)C(C)(CC)CCC/C(C)=C\C=C(\C)CC(O)CCCC. The zero-order valence-electron chi connectivity index (χ0n) is 24.0. The van der Waals surface area contributed by atoms with Crippen molar-refractivity contribution in [3.63, 3.8) is 0 Å². The van der Waals surface area contributed by atoms with Crippen molar-refractivity contribution in [2.45, 2.75) is 152 Å². The first-order chi connectivity index (χ1) is 15.2. The molecule has 0 saturated heterocycles. The second kappa shape index (κ2) is 15.2. The number of hydrogen-bond donors (Lipinski definition) is 2. The first-order valence-corrected chi connectivity index (χ1v) is 13.6. The summed E-state index contributed by atoms with van der Waals surface area (Å²) >= 11 is 0. The van der Waals surface area contributed by atoms with Gasteiger partial charge in [-0.25, -0.2) is 0 Å². The van der Waals surface area contributed by atoms with Crippen LogP contribution < -0.4 is 0 Å². The van der Waals surface area contributed by atoms with Gasteiger partial charge in [-0.3, -0.25) is 0 Å². The molecule has 0 aliphatic heterocycles. The van der Waals surface area contributed by atoms with Crippen molar-refractivity contribution >= 4 is 0 Å². The summed E-state index contributed by atoms with van der Waals surface area (Å²) in [5.74, 6) is 0. The molecular weight excluding hydrogens is 404 g/mol. The molecule has 194 valence electrons. The molecule has 0 amide bonds. The Kier molecular flexibility index (Phi) is 14.8. The van der Waals surface area contributed by atoms with Gasteiger partial charge in [0, 0.05) is 0 Å². The second-order valence-corrected chi connectivity index (χ2v) is 12.0. The second-order valence-electron chi connectivity index (χ2n) is 12.0. The first kappa shape index (κ1) is 32.1. The maximum atomic E-state index is 10.1. The Morgan fingerprint density at radius 1 is 0.848 bits per heavy atom. The Morgan fingerprint density at radius 3 is 1.97 bits per heavy atom. The zero-order chi connectivity index (χ0) is 25.7. The van der Waals surface area contributed by atoms with Crippen LogP contribution in [-0.4, -0.2) is 21.9 Å². The molecule has 0 heterocycles. The molecule has 0 spiro atoms. The Bertz CT molecular complexity index is 630. The fourth-order valence-corrected chi connectivity index (χ4v) is 5.26. The molecule has 0 aliphatic carbocycles. The van der Waals surface area contributed by atoms with Crippen molar-refractivity contribution < 1.29 is 10.2 Å². The lowest BCUT2D eigenvalue weighted by molar-refractivity contribution is 0.0650. The van der Waals surface area contributed by atoms with Crippen molar-refractivity contribution in [3.8, 4) is 0 Å². The third-order valence-corrected chi connectivity index (χ3v) is 7.44. The van der Waals surface area contributed by atoms with Crippen LogP contribution in [0.4, 0.5) is 0 Å². The van der Waals surface area contributed by atoms with Crippen LogP contribution in [0.1, 0.15) is 140 Å². The van der Waals surface area contributed by atoms with Gasteiger partial charge < -0.3 is 10.2 Å². The lowest BCUT2D eigenvalue weighted by atomic mass is 9.63. The number of rotatable bonds is 17. The highest BCUT2D eigenvalue weighted by atomic mass is 16.3. The standard InChI is InChI=1S/C31H58O2/c1-11-14-18-27(32)24-26(5)20-19-25(4)17-15-23-31(10,13-3)28(12-2)29(6,7)21-16-22-30(8,9)33/h12,19-20,27,32-33H,11,13-18,21-24H2,1-10H3/b25-19-,26-20-,28-12-. The molecule has 2 heteroatoms. The molecule has 0 radical (unpaired) electrons. The lowest BCUT2D eigenvalue weighted by Gasteiger charge is -2.42. The Labute approximate surface area is 207 Å². The van der Waals surface area contributed by atoms with E-state index >= 15 is 0 Å². The summed E-state index contributed by atoms with van der Waals surface area (Å²) in [5, 5.41) is 20.2. The van der Waals surface area contributed by atoms with Gasteiger partial charge in [-0.2, -0.15) is 0 Å². The summed E-state index contributed by atoms with van der Waals surface area (Å²) in [4.78, 5) is 0. The summed E-state index contributed by atoms with van der Waals surface area (Å²) in [6.45, 7) is 22.1. The lowest BCUT2D eigenvalue weighted by Crippen LogP contribution is -2.30. The van der Waals surface area contributed by atoms with Gasteiger partial charge in [-0.15, -0.1) is 0 Å². The molecule has 0 fully saturated rings. The summed E-state index contributed by atoms with van der Waals surface area (Å²) in [5.41, 5.74) is 4.04. The van der Waals surface area contributed by atoms with E-state index in [0.717, 1.165) is 57.8 Å². The number of hydrogen-bond acceptors (Lipinski definition) is 2. The molecule has 0 aromatic rings. The van der Waals surface area contributed by atoms with E-state index in [2.05, 4.69) is 73.6 Å². The van der Waals surface area contributed by atoms with E-state index in [0.29, 0.717) is 0 Å². The van der Waals surface area contributed by atoms with E-state index in [4.69, 9.17) is 0 Å². The van der Waals surface area contributed by atoms with E-state index in [1.807, 2.05) is 13.8 Å². The molecule has 33 heavy (non-hydrogen) atoms. The fourth-order valence-electron chi connectivity index (χ4n) is 5.26. The summed E-state index contributed by atoms with van der Waals surface area (Å²) in [6, 6.07) is 0. The van der Waals surface area contributed by atoms with Crippen LogP contribution in [0.25, 0.3) is 0 Å². The molecule has 0 aromatic heterocycles. The van der Waals surface area contributed by atoms with E-state index < -0.39 is 5.60 Å². The minimum absolute atomic E-state index is 0.147. The normalized spacial score (nSPS) is 17.3. The van der Waals surface area contributed by atoms with Crippen LogP contribution in [-0.2, 0) is 0 Å². The first-order valence-electron chi connectivity index (χ1n) is 13.6. The zero-order valence-corrected chi connectivity index (χ0v) is 24.0. The average Bonchev–Trinajstić information content (AvgIpc) is 2.69. The average molecular weight is 463 g/mol. The highest BCUT2D eigenvalue weighted by Crippen LogP contribution is 2.48. The van der Waals surface area contributed by atoms with Gasteiger partial charge in [0.2, 0.25) is 0 Å². The highest BCUT2D eigenvalue weighted by Gasteiger charge is 2.35. The third kappa shape index (κ3) is 13.6. The number of allylic oxidation sites excluding steroid dienone is 5. The number of aliphatic hydroxyl groups is 2. The fraction of sp³-hybridized carbons (Fsp3) is 0.806. The Hall–Kier alpha value is -0.860. The topological polar surface area (TPSA) is 40.5 Å². The largest absolute Gasteiger partial charge is 0.393 e. The van der Waals surface area contributed by atoms with Gasteiger partial charge >= 0.3 is 0 Å². The highest BCUT2D eigenvalue weighted by molar-refractivity contribution is 5.21. The van der Waals surface area contributed by atoms with Crippen LogP contribution >= 0.6 is 0 Å². The van der Waals surface area contributed by atoms with E-state index in [9.17, 15) is 10.2 Å². The van der Waals surface area contributed by atoms with Crippen molar-refractivity contribution in [2.24, 2.45) is 10.8 Å². The molecule has 2 nitrogen and oxygen atoms in total. The Morgan fingerprint density at radius 2 is 1.45 bits per heavy atom. The van der Waals surface area contributed by atoms with Crippen LogP contribution in [0.5, 0.6) is 0 Å². The van der Waals surface area contributed by atoms with Gasteiger partial charge in [0.1, 0.15) is 0 Å². The van der Waals surface area contributed by atoms with Gasteiger partial charge in [0.25, 0.3) is 0 Å². The van der Waals surface area contributed by atoms with Crippen molar-refractivity contribution in [1.82, 2.24) is 0 Å². The quantitative estimate of drug-likeness (QED) is 0.167. The smallest absolute Gasteiger partial charge is 0.0591 e. The molecule has 0 bridgehead atoms. The molecule has 0 saturated carbocycles. The molecular formula is C31H58O2. The summed E-state index contributed by atoms with van der Waals surface area (Å²) < 4.78 is 0. The number of unbranched alkanes of at least 4 members (excludes halogenated alkanes) is 1. The van der Waals surface area contributed by atoms with Crippen LogP contribution in [0, 0.1) is 10.8 Å². The molecule has 0 aliphatic rings. The van der Waals surface area contributed by atoms with Gasteiger partial charge in [0.05, 0.1) is 11.7 Å². The van der Waals surface area contributed by atoms with Crippen LogP contribution in [0.2, 0.25) is 0 Å². The van der Waals surface area contributed by atoms with Gasteiger partial charge in [-0.05, 0) is 103 Å². The molecule has 0 rings (SSSR count). The van der Waals surface area contributed by atoms with E-state index in [1.54, 1.807) is 5.57 Å². The summed E-state index contributed by atoms with van der Waals surface area (Å²) in [7, 11) is 0. The van der Waals surface area contributed by atoms with Crippen LogP contribution in [0.3, 0.4) is 0 Å². The van der Waals surface area contributed by atoms with Crippen LogP contribution in [0.15, 0.2) is 34.9 Å². The van der Waals surface area contributed by atoms with Crippen molar-refractivity contribution in [3.05, 3.63) is 34.9 Å². The van der Waals surface area contributed by atoms with E-state index in [1.165, 1.54) is 24.0 Å². The van der Waals surface area contributed by atoms with Crippen molar-refractivity contribution in [1.29, 1.82) is 0 Å². The predicted octanol–water partition coefficient (Wildman–Crippen LogP) is 9.32. The van der Waals surface area contributed by atoms with Gasteiger partial charge in [0.15, 0.2) is 0 Å². The van der Waals surface area contributed by atoms with Gasteiger partial charge in [-0.1, -0.05) is 82.4 Å². The number of aliphatic hydroxyl groups excluding tert-OH is 1. The van der Waals surface area contributed by atoms with E-state index in [-0.39, 0.29) is 16.9 Å². The predicted molar refractivity (Wildman–Crippen MR) is 148 cm³/mol. The molecule has 2 unspecified atom stereocenters. The molecule has 0 aromatic carbocycles. The maximum absolute atomic E-state index is 10.1. The van der Waals surface area contributed by atoms with Crippen molar-refractivity contribution in [2.75, 3.05) is 0 Å². The maximum Gasteiger partial charge on any atom is 0.0591 e. The Balaban J connectivity index is 4.96. The summed E-state index contributed by atoms with van der Waals surface area (Å²) in [6.07, 6.45) is 18.2. The third-order valence-electron chi connectivity index (χ3n) is 7.44. The molecule has 2 atom stereocenters.